The molecule has 0 heterocycles. The van der Waals surface area contributed by atoms with Crippen LogP contribution in [0.25, 0.3) is 0 Å². The van der Waals surface area contributed by atoms with Gasteiger partial charge in [0.25, 0.3) is 5.91 Å². The Bertz CT molecular complexity index is 625. The quantitative estimate of drug-likeness (QED) is 0.893. The minimum absolute atomic E-state index is 0.295. The van der Waals surface area contributed by atoms with Crippen molar-refractivity contribution < 1.29 is 19.0 Å². The van der Waals surface area contributed by atoms with Gasteiger partial charge in [0.2, 0.25) is 0 Å². The van der Waals surface area contributed by atoms with Crippen molar-refractivity contribution in [3.05, 3.63) is 65.5 Å². The lowest BCUT2D eigenvalue weighted by Crippen LogP contribution is -2.37. The van der Waals surface area contributed by atoms with E-state index in [1.807, 2.05) is 0 Å². The Labute approximate surface area is 128 Å². The summed E-state index contributed by atoms with van der Waals surface area (Å²) in [5.41, 5.74) is 1.02. The van der Waals surface area contributed by atoms with Gasteiger partial charge in [-0.15, -0.1) is 0 Å². The smallest absolute Gasteiger partial charge is 0.251 e. The van der Waals surface area contributed by atoms with Crippen LogP contribution >= 0.6 is 0 Å². The number of aliphatic hydroxyl groups excluding tert-OH is 1. The van der Waals surface area contributed by atoms with E-state index in [1.165, 1.54) is 24.3 Å². The molecule has 0 aliphatic heterocycles. The van der Waals surface area contributed by atoms with Crippen molar-refractivity contribution in [3.8, 4) is 5.75 Å². The van der Waals surface area contributed by atoms with Crippen molar-refractivity contribution in [1.82, 2.24) is 5.32 Å². The van der Waals surface area contributed by atoms with Crippen molar-refractivity contribution in [3.63, 3.8) is 0 Å². The van der Waals surface area contributed by atoms with Crippen LogP contribution in [-0.2, 0) is 0 Å². The average molecular weight is 303 g/mol. The number of hydrogen-bond acceptors (Lipinski definition) is 3. The molecule has 0 spiro atoms. The van der Waals surface area contributed by atoms with Gasteiger partial charge in [-0.2, -0.15) is 0 Å². The van der Waals surface area contributed by atoms with Crippen LogP contribution < -0.4 is 10.1 Å². The molecule has 2 atom stereocenters. The topological polar surface area (TPSA) is 58.6 Å². The van der Waals surface area contributed by atoms with E-state index in [2.05, 4.69) is 5.32 Å². The standard InChI is InChI=1S/C17H18FNO3/c1-11(16(20)12-3-7-14(18)8-4-12)19-17(21)13-5-9-15(22-2)10-6-13/h3-11,16,20H,1-2H3,(H,19,21). The first-order valence-electron chi connectivity index (χ1n) is 6.89. The Hall–Kier alpha value is -2.40. The van der Waals surface area contributed by atoms with Gasteiger partial charge in [0, 0.05) is 5.56 Å². The third kappa shape index (κ3) is 3.83. The highest BCUT2D eigenvalue weighted by atomic mass is 19.1. The Morgan fingerprint density at radius 3 is 2.27 bits per heavy atom. The van der Waals surface area contributed by atoms with E-state index in [-0.39, 0.29) is 11.7 Å². The maximum Gasteiger partial charge on any atom is 0.251 e. The van der Waals surface area contributed by atoms with Crippen LogP contribution in [0.15, 0.2) is 48.5 Å². The molecule has 0 aliphatic rings. The van der Waals surface area contributed by atoms with Crippen LogP contribution in [0.4, 0.5) is 4.39 Å². The molecule has 5 heteroatoms. The zero-order valence-corrected chi connectivity index (χ0v) is 12.4. The number of amides is 1. The van der Waals surface area contributed by atoms with Gasteiger partial charge in [-0.05, 0) is 48.9 Å². The number of aliphatic hydroxyl groups is 1. The summed E-state index contributed by atoms with van der Waals surface area (Å²) in [6.45, 7) is 1.69. The van der Waals surface area contributed by atoms with Crippen molar-refractivity contribution in [2.24, 2.45) is 0 Å². The Balaban J connectivity index is 2.01. The monoisotopic (exact) mass is 303 g/mol. The molecule has 22 heavy (non-hydrogen) atoms. The van der Waals surface area contributed by atoms with Crippen LogP contribution in [0.5, 0.6) is 5.75 Å². The predicted molar refractivity (Wildman–Crippen MR) is 81.3 cm³/mol. The van der Waals surface area contributed by atoms with Crippen LogP contribution in [0.2, 0.25) is 0 Å². The van der Waals surface area contributed by atoms with Crippen LogP contribution in [0.3, 0.4) is 0 Å². The average Bonchev–Trinajstić information content (AvgIpc) is 2.54. The van der Waals surface area contributed by atoms with E-state index >= 15 is 0 Å². The molecule has 0 bridgehead atoms. The summed E-state index contributed by atoms with van der Waals surface area (Å²) in [5, 5.41) is 12.9. The lowest BCUT2D eigenvalue weighted by atomic mass is 10.0. The molecule has 4 nitrogen and oxygen atoms in total. The van der Waals surface area contributed by atoms with Crippen molar-refractivity contribution >= 4 is 5.91 Å². The third-order valence-electron chi connectivity index (χ3n) is 3.40. The molecule has 2 rings (SSSR count). The van der Waals surface area contributed by atoms with E-state index in [9.17, 15) is 14.3 Å². The van der Waals surface area contributed by atoms with E-state index in [0.29, 0.717) is 16.9 Å². The SMILES string of the molecule is COc1ccc(C(=O)NC(C)C(O)c2ccc(F)cc2)cc1. The first-order valence-corrected chi connectivity index (χ1v) is 6.89. The maximum absolute atomic E-state index is 12.9. The molecule has 0 saturated heterocycles. The summed E-state index contributed by atoms with van der Waals surface area (Å²) in [5.74, 6) is -0.00173. The van der Waals surface area contributed by atoms with E-state index in [4.69, 9.17) is 4.74 Å². The molecule has 0 aromatic heterocycles. The van der Waals surface area contributed by atoms with Gasteiger partial charge < -0.3 is 15.2 Å². The minimum Gasteiger partial charge on any atom is -0.497 e. The molecule has 2 unspecified atom stereocenters. The van der Waals surface area contributed by atoms with Gasteiger partial charge in [0.05, 0.1) is 19.3 Å². The number of carbonyl (C=O) groups is 1. The normalized spacial score (nSPS) is 13.3. The van der Waals surface area contributed by atoms with Gasteiger partial charge in [-0.1, -0.05) is 12.1 Å². The second-order valence-electron chi connectivity index (χ2n) is 4.99. The van der Waals surface area contributed by atoms with Crippen LogP contribution in [0.1, 0.15) is 28.9 Å². The lowest BCUT2D eigenvalue weighted by Gasteiger charge is -2.20. The number of carbonyl (C=O) groups excluding carboxylic acids is 1. The zero-order chi connectivity index (χ0) is 16.1. The van der Waals surface area contributed by atoms with E-state index in [0.717, 1.165) is 0 Å². The van der Waals surface area contributed by atoms with Gasteiger partial charge in [0.15, 0.2) is 0 Å². The molecular formula is C17H18FNO3. The van der Waals surface area contributed by atoms with E-state index in [1.54, 1.807) is 38.3 Å². The fourth-order valence-corrected chi connectivity index (χ4v) is 2.06. The largest absolute Gasteiger partial charge is 0.497 e. The molecule has 1 amide bonds. The Morgan fingerprint density at radius 1 is 1.14 bits per heavy atom. The molecule has 2 N–H and O–H groups in total. The van der Waals surface area contributed by atoms with Crippen molar-refractivity contribution in [2.75, 3.05) is 7.11 Å². The molecule has 0 fully saturated rings. The molecule has 116 valence electrons. The second-order valence-corrected chi connectivity index (χ2v) is 4.99. The summed E-state index contributed by atoms with van der Waals surface area (Å²) in [6.07, 6.45) is -0.914. The minimum atomic E-state index is -0.914. The lowest BCUT2D eigenvalue weighted by molar-refractivity contribution is 0.0852. The third-order valence-corrected chi connectivity index (χ3v) is 3.40. The summed E-state index contributed by atoms with van der Waals surface area (Å²) in [7, 11) is 1.55. The summed E-state index contributed by atoms with van der Waals surface area (Å²) >= 11 is 0. The molecule has 2 aromatic rings. The zero-order valence-electron chi connectivity index (χ0n) is 12.4. The molecule has 2 aromatic carbocycles. The van der Waals surface area contributed by atoms with Crippen LogP contribution in [-0.4, -0.2) is 24.2 Å². The number of rotatable bonds is 5. The fourth-order valence-electron chi connectivity index (χ4n) is 2.06. The Morgan fingerprint density at radius 2 is 1.73 bits per heavy atom. The summed E-state index contributed by atoms with van der Waals surface area (Å²) < 4.78 is 17.9. The fraction of sp³-hybridized carbons (Fsp3) is 0.235. The molecule has 0 aliphatic carbocycles. The number of benzene rings is 2. The molecule has 0 saturated carbocycles. The number of hydrogen-bond donors (Lipinski definition) is 2. The van der Waals surface area contributed by atoms with Crippen LogP contribution in [0, 0.1) is 5.82 Å². The highest BCUT2D eigenvalue weighted by Gasteiger charge is 2.19. The van der Waals surface area contributed by atoms with Gasteiger partial charge in [0.1, 0.15) is 11.6 Å². The first-order chi connectivity index (χ1) is 10.5. The highest BCUT2D eigenvalue weighted by molar-refractivity contribution is 5.94. The summed E-state index contributed by atoms with van der Waals surface area (Å²) in [6, 6.07) is 11.7. The second kappa shape index (κ2) is 7.04. The number of nitrogens with one attached hydrogen (secondary N) is 1. The van der Waals surface area contributed by atoms with Crippen molar-refractivity contribution in [2.45, 2.75) is 19.1 Å². The Kier molecular flexibility index (Phi) is 5.12. The number of ether oxygens (including phenoxy) is 1. The van der Waals surface area contributed by atoms with E-state index < -0.39 is 12.1 Å². The predicted octanol–water partition coefficient (Wildman–Crippen LogP) is 2.69. The van der Waals surface area contributed by atoms with Gasteiger partial charge >= 0.3 is 0 Å². The number of halogens is 1. The highest BCUT2D eigenvalue weighted by Crippen LogP contribution is 2.18. The molecule has 0 radical (unpaired) electrons. The number of methoxy groups -OCH3 is 1. The first kappa shape index (κ1) is 16.0. The van der Waals surface area contributed by atoms with Gasteiger partial charge in [-0.25, -0.2) is 4.39 Å². The summed E-state index contributed by atoms with van der Waals surface area (Å²) in [4.78, 5) is 12.1. The molecular weight excluding hydrogens is 285 g/mol. The maximum atomic E-state index is 12.9. The van der Waals surface area contributed by atoms with Crippen molar-refractivity contribution in [1.29, 1.82) is 0 Å². The van der Waals surface area contributed by atoms with Gasteiger partial charge in [-0.3, -0.25) is 4.79 Å².